The fourth-order valence-corrected chi connectivity index (χ4v) is 4.56. The molecule has 0 spiro atoms. The molecule has 0 aromatic heterocycles. The van der Waals surface area contributed by atoms with Gasteiger partial charge >= 0.3 is 5.97 Å². The summed E-state index contributed by atoms with van der Waals surface area (Å²) in [5.74, 6) is -0.245. The van der Waals surface area contributed by atoms with Crippen LogP contribution in [0.3, 0.4) is 0 Å². The largest absolute Gasteiger partial charge is 0.468 e. The Morgan fingerprint density at radius 3 is 2.58 bits per heavy atom. The SMILES string of the molecule is COC(=O)[C@]1(CC(=O)N[C@H](C)c2ccccc2)C[C@H]2C=C[C@]1(OC)CC2. The van der Waals surface area contributed by atoms with E-state index < -0.39 is 11.0 Å². The Balaban J connectivity index is 1.83. The number of fused-ring (bicyclic) bond motifs is 2. The highest BCUT2D eigenvalue weighted by molar-refractivity contribution is 5.88. The molecule has 140 valence electrons. The van der Waals surface area contributed by atoms with Crippen LogP contribution in [0.2, 0.25) is 0 Å². The van der Waals surface area contributed by atoms with E-state index in [2.05, 4.69) is 11.4 Å². The van der Waals surface area contributed by atoms with E-state index in [0.717, 1.165) is 18.4 Å². The third-order valence-corrected chi connectivity index (χ3v) is 6.02. The molecule has 0 radical (unpaired) electrons. The molecule has 1 aromatic carbocycles. The van der Waals surface area contributed by atoms with Gasteiger partial charge < -0.3 is 14.8 Å². The smallest absolute Gasteiger partial charge is 0.315 e. The van der Waals surface area contributed by atoms with E-state index in [4.69, 9.17) is 9.47 Å². The van der Waals surface area contributed by atoms with E-state index in [1.807, 2.05) is 43.3 Å². The summed E-state index contributed by atoms with van der Waals surface area (Å²) in [6.45, 7) is 1.94. The molecule has 1 amide bonds. The quantitative estimate of drug-likeness (QED) is 0.627. The number of carbonyl (C=O) groups is 2. The minimum Gasteiger partial charge on any atom is -0.468 e. The Morgan fingerprint density at radius 2 is 2.00 bits per heavy atom. The van der Waals surface area contributed by atoms with E-state index in [1.165, 1.54) is 7.11 Å². The minimum absolute atomic E-state index is 0.0610. The molecular formula is C21H27NO4. The van der Waals surface area contributed by atoms with Gasteiger partial charge in [0, 0.05) is 13.5 Å². The number of rotatable bonds is 6. The summed E-state index contributed by atoms with van der Waals surface area (Å²) in [4.78, 5) is 25.7. The number of hydrogen-bond donors (Lipinski definition) is 1. The zero-order valence-electron chi connectivity index (χ0n) is 15.7. The van der Waals surface area contributed by atoms with Crippen molar-refractivity contribution >= 4 is 11.9 Å². The molecule has 2 bridgehead atoms. The van der Waals surface area contributed by atoms with Gasteiger partial charge in [-0.1, -0.05) is 42.5 Å². The van der Waals surface area contributed by atoms with E-state index >= 15 is 0 Å². The Morgan fingerprint density at radius 1 is 1.27 bits per heavy atom. The molecule has 0 heterocycles. The second-order valence-electron chi connectivity index (χ2n) is 7.41. The highest BCUT2D eigenvalue weighted by Gasteiger charge is 2.62. The number of allylic oxidation sites excluding steroid dienone is 1. The van der Waals surface area contributed by atoms with Crippen LogP contribution < -0.4 is 5.32 Å². The van der Waals surface area contributed by atoms with Gasteiger partial charge in [0.1, 0.15) is 11.0 Å². The van der Waals surface area contributed by atoms with Crippen LogP contribution in [-0.4, -0.2) is 31.7 Å². The van der Waals surface area contributed by atoms with Gasteiger partial charge in [-0.05, 0) is 37.7 Å². The molecule has 0 unspecified atom stereocenters. The van der Waals surface area contributed by atoms with E-state index in [1.54, 1.807) is 7.11 Å². The minimum atomic E-state index is -0.978. The van der Waals surface area contributed by atoms with Crippen LogP contribution in [0.5, 0.6) is 0 Å². The maximum atomic E-state index is 12.9. The van der Waals surface area contributed by atoms with Gasteiger partial charge in [-0.3, -0.25) is 9.59 Å². The molecule has 1 fully saturated rings. The van der Waals surface area contributed by atoms with Crippen LogP contribution >= 0.6 is 0 Å². The fourth-order valence-electron chi connectivity index (χ4n) is 4.56. The summed E-state index contributed by atoms with van der Waals surface area (Å²) >= 11 is 0. The van der Waals surface area contributed by atoms with Crippen LogP contribution in [0.1, 0.15) is 44.2 Å². The first-order valence-corrected chi connectivity index (χ1v) is 9.13. The maximum absolute atomic E-state index is 12.9. The van der Waals surface area contributed by atoms with Gasteiger partial charge in [-0.2, -0.15) is 0 Å². The highest BCUT2D eigenvalue weighted by atomic mass is 16.5. The van der Waals surface area contributed by atoms with Crippen molar-refractivity contribution in [2.24, 2.45) is 11.3 Å². The lowest BCUT2D eigenvalue weighted by molar-refractivity contribution is -0.186. The average Bonchev–Trinajstić information content (AvgIpc) is 2.68. The summed E-state index contributed by atoms with van der Waals surface area (Å²) in [5, 5.41) is 3.02. The van der Waals surface area contributed by atoms with Crippen molar-refractivity contribution in [1.29, 1.82) is 0 Å². The fraction of sp³-hybridized carbons (Fsp3) is 0.524. The highest BCUT2D eigenvalue weighted by Crippen LogP contribution is 2.56. The zero-order valence-corrected chi connectivity index (χ0v) is 15.7. The lowest BCUT2D eigenvalue weighted by Gasteiger charge is -2.53. The molecule has 1 saturated carbocycles. The third-order valence-electron chi connectivity index (χ3n) is 6.02. The van der Waals surface area contributed by atoms with Crippen LogP contribution in [0.25, 0.3) is 0 Å². The Hall–Kier alpha value is -2.14. The predicted octanol–water partition coefficient (Wildman–Crippen LogP) is 3.17. The van der Waals surface area contributed by atoms with Crippen molar-refractivity contribution in [2.75, 3.05) is 14.2 Å². The van der Waals surface area contributed by atoms with Crippen molar-refractivity contribution < 1.29 is 19.1 Å². The van der Waals surface area contributed by atoms with Crippen LogP contribution in [0.15, 0.2) is 42.5 Å². The first kappa shape index (κ1) is 18.6. The lowest BCUT2D eigenvalue weighted by Crippen LogP contribution is -2.60. The first-order valence-electron chi connectivity index (χ1n) is 9.13. The normalized spacial score (nSPS) is 30.7. The number of methoxy groups -OCH3 is 2. The van der Waals surface area contributed by atoms with Crippen LogP contribution in [0.4, 0.5) is 0 Å². The molecular weight excluding hydrogens is 330 g/mol. The number of benzene rings is 1. The third kappa shape index (κ3) is 3.05. The number of carbonyl (C=O) groups excluding carboxylic acids is 2. The number of hydrogen-bond acceptors (Lipinski definition) is 4. The van der Waals surface area contributed by atoms with E-state index in [-0.39, 0.29) is 30.3 Å². The number of esters is 1. The van der Waals surface area contributed by atoms with E-state index in [0.29, 0.717) is 6.42 Å². The number of nitrogens with one attached hydrogen (secondary N) is 1. The van der Waals surface area contributed by atoms with Crippen molar-refractivity contribution in [3.63, 3.8) is 0 Å². The topological polar surface area (TPSA) is 64.6 Å². The second kappa shape index (κ2) is 7.23. The molecule has 3 aliphatic rings. The average molecular weight is 357 g/mol. The van der Waals surface area contributed by atoms with Crippen LogP contribution in [0, 0.1) is 11.3 Å². The molecule has 5 nitrogen and oxygen atoms in total. The summed E-state index contributed by atoms with van der Waals surface area (Å²) in [6.07, 6.45) is 6.41. The number of ether oxygens (including phenoxy) is 2. The molecule has 0 aliphatic heterocycles. The lowest BCUT2D eigenvalue weighted by atomic mass is 9.54. The Bertz CT molecular complexity index is 701. The van der Waals surface area contributed by atoms with Gasteiger partial charge in [0.05, 0.1) is 13.2 Å². The summed E-state index contributed by atoms with van der Waals surface area (Å²) in [5.41, 5.74) is -0.726. The first-order chi connectivity index (χ1) is 12.5. The summed E-state index contributed by atoms with van der Waals surface area (Å²) < 4.78 is 11.0. The van der Waals surface area contributed by atoms with Crippen molar-refractivity contribution in [3.05, 3.63) is 48.0 Å². The van der Waals surface area contributed by atoms with Crippen molar-refractivity contribution in [2.45, 2.75) is 44.2 Å². The number of amides is 1. The molecule has 4 rings (SSSR count). The molecule has 0 saturated heterocycles. The molecule has 1 N–H and O–H groups in total. The zero-order chi connectivity index (χ0) is 18.8. The van der Waals surface area contributed by atoms with E-state index in [9.17, 15) is 9.59 Å². The van der Waals surface area contributed by atoms with Gasteiger partial charge in [-0.25, -0.2) is 0 Å². The maximum Gasteiger partial charge on any atom is 0.315 e. The van der Waals surface area contributed by atoms with Crippen LogP contribution in [-0.2, 0) is 19.1 Å². The molecule has 1 aromatic rings. The van der Waals surface area contributed by atoms with Gasteiger partial charge in [-0.15, -0.1) is 0 Å². The van der Waals surface area contributed by atoms with Gasteiger partial charge in [0.25, 0.3) is 0 Å². The Labute approximate surface area is 154 Å². The van der Waals surface area contributed by atoms with Gasteiger partial charge in [0.15, 0.2) is 0 Å². The molecule has 5 heteroatoms. The van der Waals surface area contributed by atoms with Crippen molar-refractivity contribution in [3.8, 4) is 0 Å². The molecule has 3 aliphatic carbocycles. The predicted molar refractivity (Wildman–Crippen MR) is 98.3 cm³/mol. The monoisotopic (exact) mass is 357 g/mol. The molecule has 26 heavy (non-hydrogen) atoms. The Kier molecular flexibility index (Phi) is 5.19. The van der Waals surface area contributed by atoms with Gasteiger partial charge in [0.2, 0.25) is 5.91 Å². The summed E-state index contributed by atoms with van der Waals surface area (Å²) in [7, 11) is 2.99. The molecule has 4 atom stereocenters. The van der Waals surface area contributed by atoms with Crippen molar-refractivity contribution in [1.82, 2.24) is 5.32 Å². The standard InChI is InChI=1S/C21H27NO4/c1-15(17-7-5-4-6-8-17)22-18(23)14-20(19(24)25-2)13-16-9-11-21(20,26-3)12-10-16/h4-9,11,15-16H,10,12-14H2,1-3H3,(H,22,23)/t15-,16+,20-,21+/m1/s1. The summed E-state index contributed by atoms with van der Waals surface area (Å²) in [6, 6.07) is 9.65. The second-order valence-corrected chi connectivity index (χ2v) is 7.41.